The van der Waals surface area contributed by atoms with Crippen molar-refractivity contribution in [3.63, 3.8) is 0 Å². The summed E-state index contributed by atoms with van der Waals surface area (Å²) in [5, 5.41) is 1.01. The molecule has 3 rings (SSSR count). The van der Waals surface area contributed by atoms with Gasteiger partial charge in [0.05, 0.1) is 26.3 Å². The highest BCUT2D eigenvalue weighted by molar-refractivity contribution is 5.89. The van der Waals surface area contributed by atoms with Gasteiger partial charge < -0.3 is 18.8 Å². The number of aryl methyl sites for hydroxylation is 2. The zero-order chi connectivity index (χ0) is 19.4. The van der Waals surface area contributed by atoms with E-state index in [1.165, 1.54) is 5.56 Å². The molecule has 1 aromatic heterocycles. The maximum Gasteiger partial charge on any atom is 0.226 e. The third-order valence-electron chi connectivity index (χ3n) is 4.86. The molecule has 0 radical (unpaired) electrons. The van der Waals surface area contributed by atoms with Gasteiger partial charge >= 0.3 is 0 Å². The minimum Gasteiger partial charge on any atom is -0.497 e. The van der Waals surface area contributed by atoms with Gasteiger partial charge in [-0.15, -0.1) is 0 Å². The fraction of sp³-hybridized carbons (Fsp3) is 0.318. The number of hydrogen-bond donors (Lipinski definition) is 0. The smallest absolute Gasteiger partial charge is 0.226 e. The van der Waals surface area contributed by atoms with E-state index in [9.17, 15) is 4.79 Å². The zero-order valence-corrected chi connectivity index (χ0v) is 16.2. The van der Waals surface area contributed by atoms with Crippen LogP contribution in [0.3, 0.4) is 0 Å². The zero-order valence-electron chi connectivity index (χ0n) is 16.2. The number of hydrogen-bond acceptors (Lipinski definition) is 4. The molecule has 142 valence electrons. The lowest BCUT2D eigenvalue weighted by Gasteiger charge is -2.17. The average molecular weight is 367 g/mol. The SMILES string of the molecule is COc1ccc(OCCN(C)C(=O)Cc2coc3c(C)c(C)ccc23)cc1. The van der Waals surface area contributed by atoms with E-state index in [1.807, 2.05) is 37.3 Å². The molecule has 3 aromatic rings. The molecule has 1 heterocycles. The van der Waals surface area contributed by atoms with Crippen LogP contribution in [0.25, 0.3) is 11.0 Å². The highest BCUT2D eigenvalue weighted by Gasteiger charge is 2.15. The van der Waals surface area contributed by atoms with Crippen molar-refractivity contribution in [1.82, 2.24) is 4.90 Å². The van der Waals surface area contributed by atoms with Gasteiger partial charge in [-0.3, -0.25) is 4.79 Å². The van der Waals surface area contributed by atoms with Gasteiger partial charge in [0, 0.05) is 18.0 Å². The monoisotopic (exact) mass is 367 g/mol. The summed E-state index contributed by atoms with van der Waals surface area (Å²) in [6.45, 7) is 5.03. The summed E-state index contributed by atoms with van der Waals surface area (Å²) in [6.07, 6.45) is 2.01. The van der Waals surface area contributed by atoms with E-state index in [4.69, 9.17) is 13.9 Å². The number of furan rings is 1. The Morgan fingerprint density at radius 2 is 1.78 bits per heavy atom. The van der Waals surface area contributed by atoms with Gasteiger partial charge in [0.2, 0.25) is 5.91 Å². The fourth-order valence-corrected chi connectivity index (χ4v) is 2.92. The van der Waals surface area contributed by atoms with E-state index < -0.39 is 0 Å². The maximum atomic E-state index is 12.5. The molecule has 0 saturated carbocycles. The molecule has 0 atom stereocenters. The number of likely N-dealkylation sites (N-methyl/N-ethyl adjacent to an activating group) is 1. The average Bonchev–Trinajstić information content (AvgIpc) is 3.08. The van der Waals surface area contributed by atoms with E-state index >= 15 is 0 Å². The molecular formula is C22H25NO4. The number of benzene rings is 2. The van der Waals surface area contributed by atoms with Crippen molar-refractivity contribution in [3.8, 4) is 11.5 Å². The second kappa shape index (κ2) is 8.16. The molecule has 0 bridgehead atoms. The van der Waals surface area contributed by atoms with Crippen LogP contribution in [0.5, 0.6) is 11.5 Å². The van der Waals surface area contributed by atoms with Crippen LogP contribution in [0.15, 0.2) is 47.1 Å². The summed E-state index contributed by atoms with van der Waals surface area (Å²) < 4.78 is 16.5. The number of nitrogens with zero attached hydrogens (tertiary/aromatic N) is 1. The number of amides is 1. The van der Waals surface area contributed by atoms with Gasteiger partial charge in [0.15, 0.2) is 0 Å². The van der Waals surface area contributed by atoms with E-state index in [0.717, 1.165) is 33.6 Å². The van der Waals surface area contributed by atoms with Crippen LogP contribution in [0.1, 0.15) is 16.7 Å². The molecule has 0 aliphatic carbocycles. The first-order chi connectivity index (χ1) is 13.0. The molecule has 0 N–H and O–H groups in total. The van der Waals surface area contributed by atoms with Crippen LogP contribution in [-0.4, -0.2) is 38.1 Å². The summed E-state index contributed by atoms with van der Waals surface area (Å²) in [5.41, 5.74) is 4.08. The maximum absolute atomic E-state index is 12.5. The Bertz CT molecular complexity index is 927. The van der Waals surface area contributed by atoms with Gasteiger partial charge in [0.25, 0.3) is 0 Å². The second-order valence-corrected chi connectivity index (χ2v) is 6.66. The summed E-state index contributed by atoms with van der Waals surface area (Å²) in [6, 6.07) is 11.5. The quantitative estimate of drug-likeness (QED) is 0.630. The Hall–Kier alpha value is -2.95. The van der Waals surface area contributed by atoms with Crippen LogP contribution in [0.4, 0.5) is 0 Å². The molecular weight excluding hydrogens is 342 g/mol. The number of methoxy groups -OCH3 is 1. The second-order valence-electron chi connectivity index (χ2n) is 6.66. The third kappa shape index (κ3) is 4.25. The van der Waals surface area contributed by atoms with E-state index in [-0.39, 0.29) is 5.91 Å². The van der Waals surface area contributed by atoms with Crippen LogP contribution in [0.2, 0.25) is 0 Å². The largest absolute Gasteiger partial charge is 0.497 e. The first kappa shape index (κ1) is 18.8. The minimum absolute atomic E-state index is 0.0364. The Kier molecular flexibility index (Phi) is 5.69. The molecule has 0 aliphatic heterocycles. The molecule has 0 aliphatic rings. The van der Waals surface area contributed by atoms with Gasteiger partial charge in [-0.25, -0.2) is 0 Å². The standard InChI is InChI=1S/C22H25NO4/c1-15-5-10-20-17(14-27-22(20)16(15)2)13-21(24)23(3)11-12-26-19-8-6-18(25-4)7-9-19/h5-10,14H,11-13H2,1-4H3. The molecule has 0 spiro atoms. The fourth-order valence-electron chi connectivity index (χ4n) is 2.92. The first-order valence-electron chi connectivity index (χ1n) is 8.96. The first-order valence-corrected chi connectivity index (χ1v) is 8.96. The molecule has 1 amide bonds. The summed E-state index contributed by atoms with van der Waals surface area (Å²) in [7, 11) is 3.42. The van der Waals surface area contributed by atoms with Crippen molar-refractivity contribution in [3.05, 3.63) is 59.4 Å². The highest BCUT2D eigenvalue weighted by atomic mass is 16.5. The number of fused-ring (bicyclic) bond motifs is 1. The summed E-state index contributed by atoms with van der Waals surface area (Å²) in [4.78, 5) is 14.2. The lowest BCUT2D eigenvalue weighted by molar-refractivity contribution is -0.129. The summed E-state index contributed by atoms with van der Waals surface area (Å²) in [5.74, 6) is 1.57. The third-order valence-corrected chi connectivity index (χ3v) is 4.86. The Morgan fingerprint density at radius 3 is 2.48 bits per heavy atom. The molecule has 0 saturated heterocycles. The van der Waals surface area contributed by atoms with Gasteiger partial charge in [-0.2, -0.15) is 0 Å². The van der Waals surface area contributed by atoms with E-state index in [1.54, 1.807) is 25.3 Å². The topological polar surface area (TPSA) is 51.9 Å². The normalized spacial score (nSPS) is 10.8. The summed E-state index contributed by atoms with van der Waals surface area (Å²) >= 11 is 0. The number of carbonyl (C=O) groups is 1. The minimum atomic E-state index is 0.0364. The van der Waals surface area contributed by atoms with Crippen molar-refractivity contribution < 1.29 is 18.7 Å². The van der Waals surface area contributed by atoms with Crippen LogP contribution in [0, 0.1) is 13.8 Å². The molecule has 0 fully saturated rings. The van der Waals surface area contributed by atoms with Crippen molar-refractivity contribution in [2.75, 3.05) is 27.3 Å². The molecule has 0 unspecified atom stereocenters. The van der Waals surface area contributed by atoms with Crippen LogP contribution < -0.4 is 9.47 Å². The van der Waals surface area contributed by atoms with Crippen LogP contribution >= 0.6 is 0 Å². The molecule has 5 heteroatoms. The Labute approximate surface area is 159 Å². The molecule has 2 aromatic carbocycles. The lowest BCUT2D eigenvalue weighted by atomic mass is 10.0. The van der Waals surface area contributed by atoms with Gasteiger partial charge in [-0.05, 0) is 49.2 Å². The predicted octanol–water partition coefficient (Wildman–Crippen LogP) is 4.14. The number of ether oxygens (including phenoxy) is 2. The Morgan fingerprint density at radius 1 is 1.07 bits per heavy atom. The van der Waals surface area contributed by atoms with Crippen molar-refractivity contribution in [2.24, 2.45) is 0 Å². The number of carbonyl (C=O) groups excluding carboxylic acids is 1. The van der Waals surface area contributed by atoms with Crippen molar-refractivity contribution in [1.29, 1.82) is 0 Å². The highest BCUT2D eigenvalue weighted by Crippen LogP contribution is 2.27. The van der Waals surface area contributed by atoms with Crippen molar-refractivity contribution >= 4 is 16.9 Å². The number of rotatable bonds is 7. The van der Waals surface area contributed by atoms with Gasteiger partial charge in [0.1, 0.15) is 23.7 Å². The molecule has 27 heavy (non-hydrogen) atoms. The lowest BCUT2D eigenvalue weighted by Crippen LogP contribution is -2.32. The van der Waals surface area contributed by atoms with Crippen LogP contribution in [-0.2, 0) is 11.2 Å². The van der Waals surface area contributed by atoms with Crippen molar-refractivity contribution in [2.45, 2.75) is 20.3 Å². The predicted molar refractivity (Wildman–Crippen MR) is 106 cm³/mol. The van der Waals surface area contributed by atoms with E-state index in [0.29, 0.717) is 19.6 Å². The Balaban J connectivity index is 1.55. The van der Waals surface area contributed by atoms with E-state index in [2.05, 4.69) is 13.0 Å². The molecule has 5 nitrogen and oxygen atoms in total. The van der Waals surface area contributed by atoms with Gasteiger partial charge in [-0.1, -0.05) is 12.1 Å².